The Bertz CT molecular complexity index is 319. The van der Waals surface area contributed by atoms with Crippen LogP contribution in [-0.4, -0.2) is 17.6 Å². The van der Waals surface area contributed by atoms with Crippen LogP contribution in [0.4, 0.5) is 0 Å². The molecule has 1 N–H and O–H groups in total. The summed E-state index contributed by atoms with van der Waals surface area (Å²) in [6, 6.07) is 4.69. The number of allylic oxidation sites excluding steroid dienone is 1. The lowest BCUT2D eigenvalue weighted by atomic mass is 10.0. The molecule has 0 aliphatic rings. The first kappa shape index (κ1) is 13.9. The Balaban J connectivity index is 2.47. The Hall–Kier alpha value is -1.15. The topological polar surface area (TPSA) is 24.9 Å². The van der Waals surface area contributed by atoms with Crippen LogP contribution in [0.5, 0.6) is 0 Å². The van der Waals surface area contributed by atoms with E-state index in [2.05, 4.69) is 36.8 Å². The molecular formula is C15H24N2. The number of hydrogen-bond donors (Lipinski definition) is 1. The molecule has 1 unspecified atom stereocenters. The van der Waals surface area contributed by atoms with Crippen molar-refractivity contribution in [2.45, 2.75) is 45.6 Å². The van der Waals surface area contributed by atoms with Gasteiger partial charge in [0.2, 0.25) is 0 Å². The minimum absolute atomic E-state index is 0.538. The average Bonchev–Trinajstić information content (AvgIpc) is 2.34. The molecular weight excluding hydrogens is 208 g/mol. The minimum Gasteiger partial charge on any atom is -0.314 e. The highest BCUT2D eigenvalue weighted by Gasteiger charge is 2.08. The van der Waals surface area contributed by atoms with Crippen molar-refractivity contribution in [1.29, 1.82) is 0 Å². The number of rotatable bonds is 8. The average molecular weight is 232 g/mol. The summed E-state index contributed by atoms with van der Waals surface area (Å²) in [5, 5.41) is 3.60. The number of nitrogens with one attached hydrogen (secondary N) is 1. The third-order valence-corrected chi connectivity index (χ3v) is 2.81. The van der Waals surface area contributed by atoms with E-state index in [1.54, 1.807) is 0 Å². The lowest BCUT2D eigenvalue weighted by molar-refractivity contribution is 0.476. The van der Waals surface area contributed by atoms with Crippen LogP contribution in [0.2, 0.25) is 0 Å². The maximum absolute atomic E-state index is 4.17. The Kier molecular flexibility index (Phi) is 6.56. The van der Waals surface area contributed by atoms with Crippen molar-refractivity contribution >= 4 is 0 Å². The summed E-state index contributed by atoms with van der Waals surface area (Å²) in [4.78, 5) is 4.17. The Morgan fingerprint density at radius 3 is 2.94 bits per heavy atom. The van der Waals surface area contributed by atoms with Crippen LogP contribution in [0, 0.1) is 0 Å². The van der Waals surface area contributed by atoms with Gasteiger partial charge in [0.05, 0.1) is 0 Å². The zero-order valence-corrected chi connectivity index (χ0v) is 11.1. The largest absolute Gasteiger partial charge is 0.314 e. The second-order valence-corrected chi connectivity index (χ2v) is 4.71. The molecule has 0 aliphatic heterocycles. The lowest BCUT2D eigenvalue weighted by Gasteiger charge is -2.18. The molecule has 17 heavy (non-hydrogen) atoms. The first-order valence-electron chi connectivity index (χ1n) is 6.49. The fourth-order valence-corrected chi connectivity index (χ4v) is 1.85. The van der Waals surface area contributed by atoms with E-state index in [1.807, 2.05) is 18.5 Å². The fraction of sp³-hybridized carbons (Fsp3) is 0.533. The van der Waals surface area contributed by atoms with Crippen molar-refractivity contribution in [3.8, 4) is 0 Å². The van der Waals surface area contributed by atoms with Crippen molar-refractivity contribution in [3.63, 3.8) is 0 Å². The standard InChI is InChI=1S/C15H24N2/c1-4-9-17-15(8-7-13(2)3)11-14-6-5-10-16-12-14/h5-6,10,12,15,17H,2,4,7-9,11H2,1,3H3. The van der Waals surface area contributed by atoms with E-state index in [0.717, 1.165) is 25.8 Å². The van der Waals surface area contributed by atoms with E-state index in [0.29, 0.717) is 6.04 Å². The van der Waals surface area contributed by atoms with Gasteiger partial charge in [-0.05, 0) is 50.8 Å². The smallest absolute Gasteiger partial charge is 0.0300 e. The van der Waals surface area contributed by atoms with Gasteiger partial charge in [0.25, 0.3) is 0 Å². The van der Waals surface area contributed by atoms with Crippen molar-refractivity contribution in [2.24, 2.45) is 0 Å². The first-order chi connectivity index (χ1) is 8.22. The van der Waals surface area contributed by atoms with Gasteiger partial charge in [-0.15, -0.1) is 6.58 Å². The lowest BCUT2D eigenvalue weighted by Crippen LogP contribution is -2.31. The van der Waals surface area contributed by atoms with Crippen LogP contribution in [-0.2, 0) is 6.42 Å². The van der Waals surface area contributed by atoms with Gasteiger partial charge >= 0.3 is 0 Å². The molecule has 0 bridgehead atoms. The van der Waals surface area contributed by atoms with Gasteiger partial charge in [-0.1, -0.05) is 18.6 Å². The van der Waals surface area contributed by atoms with Crippen LogP contribution in [0.3, 0.4) is 0 Å². The van der Waals surface area contributed by atoms with Crippen LogP contribution in [0.1, 0.15) is 38.7 Å². The molecule has 0 amide bonds. The highest BCUT2D eigenvalue weighted by molar-refractivity contribution is 5.10. The van der Waals surface area contributed by atoms with Gasteiger partial charge < -0.3 is 5.32 Å². The summed E-state index contributed by atoms with van der Waals surface area (Å²) in [6.07, 6.45) is 8.27. The normalized spacial score (nSPS) is 12.4. The van der Waals surface area contributed by atoms with E-state index < -0.39 is 0 Å². The van der Waals surface area contributed by atoms with Gasteiger partial charge in [0, 0.05) is 18.4 Å². The second kappa shape index (κ2) is 8.02. The summed E-state index contributed by atoms with van der Waals surface area (Å²) < 4.78 is 0. The quantitative estimate of drug-likeness (QED) is 0.695. The molecule has 1 heterocycles. The number of hydrogen-bond acceptors (Lipinski definition) is 2. The molecule has 2 heteroatoms. The van der Waals surface area contributed by atoms with Crippen LogP contribution in [0.25, 0.3) is 0 Å². The molecule has 0 saturated heterocycles. The summed E-state index contributed by atoms with van der Waals surface area (Å²) in [5.74, 6) is 0. The molecule has 1 atom stereocenters. The fourth-order valence-electron chi connectivity index (χ4n) is 1.85. The summed E-state index contributed by atoms with van der Waals surface area (Å²) in [5.41, 5.74) is 2.57. The van der Waals surface area contributed by atoms with E-state index >= 15 is 0 Å². The summed E-state index contributed by atoms with van der Waals surface area (Å²) in [6.45, 7) is 9.36. The predicted octanol–water partition coefficient (Wildman–Crippen LogP) is 3.35. The van der Waals surface area contributed by atoms with Crippen molar-refractivity contribution in [2.75, 3.05) is 6.54 Å². The third kappa shape index (κ3) is 6.22. The number of pyridine rings is 1. The molecule has 0 aromatic carbocycles. The van der Waals surface area contributed by atoms with Crippen molar-refractivity contribution in [3.05, 3.63) is 42.2 Å². The van der Waals surface area contributed by atoms with E-state index in [1.165, 1.54) is 17.6 Å². The molecule has 1 aromatic rings. The Labute approximate surface area is 105 Å². The molecule has 1 rings (SSSR count). The van der Waals surface area contributed by atoms with Crippen LogP contribution >= 0.6 is 0 Å². The Morgan fingerprint density at radius 2 is 2.35 bits per heavy atom. The zero-order valence-electron chi connectivity index (χ0n) is 11.1. The van der Waals surface area contributed by atoms with Crippen molar-refractivity contribution in [1.82, 2.24) is 10.3 Å². The van der Waals surface area contributed by atoms with E-state index in [-0.39, 0.29) is 0 Å². The summed E-state index contributed by atoms with van der Waals surface area (Å²) >= 11 is 0. The maximum atomic E-state index is 4.17. The monoisotopic (exact) mass is 232 g/mol. The molecule has 0 saturated carbocycles. The summed E-state index contributed by atoms with van der Waals surface area (Å²) in [7, 11) is 0. The first-order valence-corrected chi connectivity index (χ1v) is 6.49. The highest BCUT2D eigenvalue weighted by Crippen LogP contribution is 2.10. The van der Waals surface area contributed by atoms with E-state index in [9.17, 15) is 0 Å². The molecule has 94 valence electrons. The molecule has 0 aliphatic carbocycles. The molecule has 2 nitrogen and oxygen atoms in total. The number of nitrogens with zero attached hydrogens (tertiary/aromatic N) is 1. The van der Waals surface area contributed by atoms with Gasteiger partial charge in [0.15, 0.2) is 0 Å². The third-order valence-electron chi connectivity index (χ3n) is 2.81. The molecule has 0 spiro atoms. The minimum atomic E-state index is 0.538. The van der Waals surface area contributed by atoms with Gasteiger partial charge in [-0.25, -0.2) is 0 Å². The number of aromatic nitrogens is 1. The van der Waals surface area contributed by atoms with Gasteiger partial charge in [-0.2, -0.15) is 0 Å². The van der Waals surface area contributed by atoms with Gasteiger partial charge in [-0.3, -0.25) is 4.98 Å². The molecule has 0 fully saturated rings. The molecule has 0 radical (unpaired) electrons. The zero-order chi connectivity index (χ0) is 12.5. The second-order valence-electron chi connectivity index (χ2n) is 4.71. The van der Waals surface area contributed by atoms with Gasteiger partial charge in [0.1, 0.15) is 0 Å². The molecule has 1 aromatic heterocycles. The Morgan fingerprint density at radius 1 is 1.53 bits per heavy atom. The van der Waals surface area contributed by atoms with Crippen LogP contribution in [0.15, 0.2) is 36.7 Å². The van der Waals surface area contributed by atoms with Crippen molar-refractivity contribution < 1.29 is 0 Å². The predicted molar refractivity (Wildman–Crippen MR) is 74.1 cm³/mol. The van der Waals surface area contributed by atoms with E-state index in [4.69, 9.17) is 0 Å². The SMILES string of the molecule is C=C(C)CCC(Cc1cccnc1)NCCC. The highest BCUT2D eigenvalue weighted by atomic mass is 14.9. The van der Waals surface area contributed by atoms with Crippen LogP contribution < -0.4 is 5.32 Å². The maximum Gasteiger partial charge on any atom is 0.0300 e.